The van der Waals surface area contributed by atoms with Gasteiger partial charge in [-0.2, -0.15) is 13.2 Å². The Morgan fingerprint density at radius 2 is 1.38 bits per heavy atom. The second-order valence-electron chi connectivity index (χ2n) is 9.64. The van der Waals surface area contributed by atoms with Crippen molar-refractivity contribution in [3.63, 3.8) is 0 Å². The van der Waals surface area contributed by atoms with Crippen LogP contribution in [0.15, 0.2) is 138 Å². The van der Waals surface area contributed by atoms with E-state index in [0.717, 1.165) is 33.3 Å². The predicted molar refractivity (Wildman–Crippen MR) is 160 cm³/mol. The number of hydrogen-bond acceptors (Lipinski definition) is 3. The van der Waals surface area contributed by atoms with Crippen molar-refractivity contribution in [3.05, 3.63) is 145 Å². The lowest BCUT2D eigenvalue weighted by molar-refractivity contribution is 0.372. The third-order valence-electron chi connectivity index (χ3n) is 7.01. The van der Waals surface area contributed by atoms with Gasteiger partial charge >= 0.3 is 6.08 Å². The fourth-order valence-electron chi connectivity index (χ4n) is 4.87. The van der Waals surface area contributed by atoms with Crippen LogP contribution in [-0.4, -0.2) is 4.98 Å². The summed E-state index contributed by atoms with van der Waals surface area (Å²) in [5, 5.41) is 4.63. The maximum atomic E-state index is 14.2. The van der Waals surface area contributed by atoms with E-state index in [1.807, 2.05) is 30.3 Å². The highest BCUT2D eigenvalue weighted by Gasteiger charge is 2.23. The molecule has 1 atom stereocenters. The minimum atomic E-state index is -2.88. The van der Waals surface area contributed by atoms with Gasteiger partial charge in [-0.25, -0.2) is 8.78 Å². The highest BCUT2D eigenvalue weighted by atomic mass is 32.2. The molecule has 2 nitrogen and oxygen atoms in total. The maximum Gasteiger partial charge on any atom is 0.308 e. The van der Waals surface area contributed by atoms with Gasteiger partial charge in [0.05, 0.1) is 11.1 Å². The number of nitrogens with one attached hydrogen (secondary N) is 1. The van der Waals surface area contributed by atoms with E-state index >= 15 is 0 Å². The van der Waals surface area contributed by atoms with Gasteiger partial charge < -0.3 is 5.32 Å². The molecular formula is C34H21F5N2S. The van der Waals surface area contributed by atoms with E-state index in [4.69, 9.17) is 0 Å². The summed E-state index contributed by atoms with van der Waals surface area (Å²) in [5.74, 6) is -5.79. The lowest BCUT2D eigenvalue weighted by Crippen LogP contribution is -2.00. The van der Waals surface area contributed by atoms with Gasteiger partial charge in [0, 0.05) is 27.7 Å². The van der Waals surface area contributed by atoms with Crippen molar-refractivity contribution in [1.82, 2.24) is 4.98 Å². The van der Waals surface area contributed by atoms with Crippen LogP contribution >= 0.6 is 11.8 Å². The first-order valence-corrected chi connectivity index (χ1v) is 13.8. The summed E-state index contributed by atoms with van der Waals surface area (Å²) in [6.45, 7) is 2.96. The summed E-state index contributed by atoms with van der Waals surface area (Å²) in [6.07, 6.45) is -1.07. The number of nitrogens with zero attached hydrogens (tertiary/aromatic N) is 1. The van der Waals surface area contributed by atoms with Crippen LogP contribution in [0.25, 0.3) is 38.7 Å². The van der Waals surface area contributed by atoms with E-state index in [9.17, 15) is 22.0 Å². The Kier molecular flexibility index (Phi) is 7.39. The number of aromatic nitrogens is 1. The number of anilines is 1. The molecule has 0 spiro atoms. The first-order chi connectivity index (χ1) is 20.3. The molecule has 0 aliphatic carbocycles. The Labute approximate surface area is 242 Å². The van der Waals surface area contributed by atoms with Gasteiger partial charge in [0.15, 0.2) is 5.83 Å². The fourth-order valence-corrected chi connectivity index (χ4v) is 6.02. The number of benzene rings is 4. The van der Waals surface area contributed by atoms with Crippen LogP contribution in [0.5, 0.6) is 0 Å². The molecule has 1 aliphatic heterocycles. The average Bonchev–Trinajstić information content (AvgIpc) is 3.45. The molecule has 0 saturated carbocycles. The molecule has 6 rings (SSSR count). The lowest BCUT2D eigenvalue weighted by Gasteiger charge is -2.12. The normalized spacial score (nSPS) is 14.6. The Morgan fingerprint density at radius 1 is 0.714 bits per heavy atom. The van der Waals surface area contributed by atoms with E-state index in [1.165, 1.54) is 22.6 Å². The predicted octanol–water partition coefficient (Wildman–Crippen LogP) is 11.0. The summed E-state index contributed by atoms with van der Waals surface area (Å²) in [7, 11) is 0. The van der Waals surface area contributed by atoms with Crippen LogP contribution in [0, 0.1) is 0 Å². The molecule has 2 heterocycles. The van der Waals surface area contributed by atoms with E-state index < -0.39 is 29.1 Å². The summed E-state index contributed by atoms with van der Waals surface area (Å²) < 4.78 is 66.6. The number of halogens is 5. The fraction of sp³-hybridized carbons (Fsp3) is 0.0294. The number of allylic oxidation sites excluding steroid dienone is 4. The maximum absolute atomic E-state index is 14.2. The van der Waals surface area contributed by atoms with Crippen LogP contribution in [-0.2, 0) is 0 Å². The summed E-state index contributed by atoms with van der Waals surface area (Å²) in [5.41, 5.74) is 5.48. The number of para-hydroxylation sites is 1. The van der Waals surface area contributed by atoms with Crippen molar-refractivity contribution in [3.8, 4) is 22.3 Å². The zero-order valence-electron chi connectivity index (χ0n) is 21.8. The SMILES string of the molecule is C=C(F)/C(=C(/F)C(F)=C(F)F)c1ccc(-c2ccc3cc(-c4ccc(C5Nc6ccccc6S5)cc4)cnc3c2)cc1. The molecule has 208 valence electrons. The van der Waals surface area contributed by atoms with Crippen molar-refractivity contribution in [2.45, 2.75) is 10.3 Å². The molecule has 42 heavy (non-hydrogen) atoms. The molecule has 1 aromatic heterocycles. The number of pyridine rings is 1. The van der Waals surface area contributed by atoms with E-state index in [-0.39, 0.29) is 10.9 Å². The summed E-state index contributed by atoms with van der Waals surface area (Å²) in [4.78, 5) is 5.88. The zero-order valence-corrected chi connectivity index (χ0v) is 22.7. The van der Waals surface area contributed by atoms with Gasteiger partial charge in [0.1, 0.15) is 11.2 Å². The van der Waals surface area contributed by atoms with E-state index in [2.05, 4.69) is 59.3 Å². The largest absolute Gasteiger partial charge is 0.368 e. The molecule has 0 bridgehead atoms. The molecule has 1 unspecified atom stereocenters. The number of fused-ring (bicyclic) bond motifs is 2. The number of thioether (sulfide) groups is 1. The van der Waals surface area contributed by atoms with Gasteiger partial charge in [-0.3, -0.25) is 4.98 Å². The molecule has 4 aromatic carbocycles. The van der Waals surface area contributed by atoms with Crippen LogP contribution in [0.3, 0.4) is 0 Å². The standard InChI is InChI=1S/C34H21F5N2S/c1-19(35)30(31(36)32(37)33(38)39)22-10-6-20(7-11-22)24-14-15-25-16-26(18-40-28(25)17-24)21-8-12-23(13-9-21)34-41-27-4-2-3-5-29(27)42-34/h2-18,34,41H,1H2/b31-30-. The van der Waals surface area contributed by atoms with Crippen molar-refractivity contribution < 1.29 is 22.0 Å². The summed E-state index contributed by atoms with van der Waals surface area (Å²) >= 11 is 1.79. The zero-order chi connectivity index (χ0) is 29.4. The third kappa shape index (κ3) is 5.33. The Balaban J connectivity index is 1.22. The van der Waals surface area contributed by atoms with E-state index in [1.54, 1.807) is 30.1 Å². The second kappa shape index (κ2) is 11.3. The van der Waals surface area contributed by atoms with Gasteiger partial charge in [0.25, 0.3) is 0 Å². The number of hydrogen-bond donors (Lipinski definition) is 1. The molecule has 0 amide bonds. The van der Waals surface area contributed by atoms with Gasteiger partial charge in [-0.15, -0.1) is 0 Å². The Morgan fingerprint density at radius 3 is 2.07 bits per heavy atom. The van der Waals surface area contributed by atoms with Gasteiger partial charge in [-0.05, 0) is 52.1 Å². The van der Waals surface area contributed by atoms with Crippen molar-refractivity contribution in [2.75, 3.05) is 5.32 Å². The molecule has 0 radical (unpaired) electrons. The monoisotopic (exact) mass is 584 g/mol. The highest BCUT2D eigenvalue weighted by Crippen LogP contribution is 2.46. The minimum absolute atomic E-state index is 0.124. The highest BCUT2D eigenvalue weighted by molar-refractivity contribution is 8.00. The van der Waals surface area contributed by atoms with Gasteiger partial charge in [-0.1, -0.05) is 91.1 Å². The van der Waals surface area contributed by atoms with Crippen LogP contribution in [0.2, 0.25) is 0 Å². The molecule has 5 aromatic rings. The minimum Gasteiger partial charge on any atom is -0.368 e. The third-order valence-corrected chi connectivity index (χ3v) is 8.24. The quantitative estimate of drug-likeness (QED) is 0.159. The van der Waals surface area contributed by atoms with Crippen molar-refractivity contribution in [1.29, 1.82) is 0 Å². The van der Waals surface area contributed by atoms with Crippen LogP contribution < -0.4 is 5.32 Å². The summed E-state index contributed by atoms with van der Waals surface area (Å²) in [6, 6.07) is 30.2. The molecule has 0 fully saturated rings. The van der Waals surface area contributed by atoms with Crippen LogP contribution in [0.1, 0.15) is 16.5 Å². The second-order valence-corrected chi connectivity index (χ2v) is 10.8. The average molecular weight is 585 g/mol. The van der Waals surface area contributed by atoms with Crippen molar-refractivity contribution in [2.24, 2.45) is 0 Å². The lowest BCUT2D eigenvalue weighted by atomic mass is 9.97. The number of rotatable bonds is 6. The smallest absolute Gasteiger partial charge is 0.308 e. The molecule has 0 saturated heterocycles. The molecular weight excluding hydrogens is 563 g/mol. The van der Waals surface area contributed by atoms with Crippen LogP contribution in [0.4, 0.5) is 27.6 Å². The van der Waals surface area contributed by atoms with Gasteiger partial charge in [0.2, 0.25) is 5.83 Å². The molecule has 1 aliphatic rings. The Hall–Kier alpha value is -4.69. The molecule has 1 N–H and O–H groups in total. The first kappa shape index (κ1) is 27.5. The van der Waals surface area contributed by atoms with E-state index in [0.29, 0.717) is 5.56 Å². The molecule has 8 heteroatoms. The topological polar surface area (TPSA) is 24.9 Å². The Bertz CT molecular complexity index is 1870. The van der Waals surface area contributed by atoms with Crippen molar-refractivity contribution >= 4 is 33.9 Å². The first-order valence-electron chi connectivity index (χ1n) is 12.9.